The van der Waals surface area contributed by atoms with Crippen LogP contribution in [0.3, 0.4) is 0 Å². The van der Waals surface area contributed by atoms with Crippen LogP contribution in [0.25, 0.3) is 0 Å². The largest absolute Gasteiger partial charge is 0.379 e. The third-order valence-electron chi connectivity index (χ3n) is 4.59. The van der Waals surface area contributed by atoms with Crippen molar-refractivity contribution in [3.63, 3.8) is 0 Å². The summed E-state index contributed by atoms with van der Waals surface area (Å²) in [4.78, 5) is 23.2. The predicted octanol–water partition coefficient (Wildman–Crippen LogP) is 2.76. The highest BCUT2D eigenvalue weighted by Gasteiger charge is 2.10. The summed E-state index contributed by atoms with van der Waals surface area (Å²) in [7, 11) is 0. The van der Waals surface area contributed by atoms with Crippen LogP contribution in [0.5, 0.6) is 0 Å². The molecule has 0 aliphatic carbocycles. The number of aromatic nitrogens is 2. The smallest absolute Gasteiger partial charge is 0.224 e. The van der Waals surface area contributed by atoms with Crippen LogP contribution in [0.1, 0.15) is 29.8 Å². The fourth-order valence-electron chi connectivity index (χ4n) is 3.19. The van der Waals surface area contributed by atoms with Crippen molar-refractivity contribution < 1.29 is 9.53 Å². The Morgan fingerprint density at radius 3 is 2.46 bits per heavy atom. The second-order valence-corrected chi connectivity index (χ2v) is 7.14. The molecular formula is C21H29N5O2. The summed E-state index contributed by atoms with van der Waals surface area (Å²) in [5, 5.41) is 6.13. The predicted molar refractivity (Wildman–Crippen MR) is 110 cm³/mol. The van der Waals surface area contributed by atoms with Crippen molar-refractivity contribution in [2.24, 2.45) is 0 Å². The lowest BCUT2D eigenvalue weighted by atomic mass is 10.2. The van der Waals surface area contributed by atoms with Gasteiger partial charge in [0.15, 0.2) is 0 Å². The molecule has 0 atom stereocenters. The average Bonchev–Trinajstić information content (AvgIpc) is 2.67. The fraction of sp³-hybridized carbons (Fsp3) is 0.476. The van der Waals surface area contributed by atoms with Crippen molar-refractivity contribution in [2.75, 3.05) is 43.5 Å². The molecule has 7 heteroatoms. The van der Waals surface area contributed by atoms with Gasteiger partial charge < -0.3 is 15.4 Å². The van der Waals surface area contributed by atoms with E-state index in [4.69, 9.17) is 4.74 Å². The van der Waals surface area contributed by atoms with Crippen molar-refractivity contribution in [3.8, 4) is 0 Å². The zero-order valence-corrected chi connectivity index (χ0v) is 16.7. The molecule has 2 aromatic rings. The molecule has 1 aromatic carbocycles. The van der Waals surface area contributed by atoms with E-state index in [0.717, 1.165) is 56.3 Å². The van der Waals surface area contributed by atoms with Gasteiger partial charge in [-0.3, -0.25) is 9.69 Å². The van der Waals surface area contributed by atoms with Gasteiger partial charge in [0.25, 0.3) is 0 Å². The number of morpholine rings is 1. The number of benzene rings is 1. The van der Waals surface area contributed by atoms with Gasteiger partial charge in [0.1, 0.15) is 0 Å². The maximum atomic E-state index is 12.1. The lowest BCUT2D eigenvalue weighted by Gasteiger charge is -2.26. The van der Waals surface area contributed by atoms with Crippen LogP contribution < -0.4 is 10.6 Å². The van der Waals surface area contributed by atoms with E-state index in [1.54, 1.807) is 0 Å². The molecule has 1 amide bonds. The van der Waals surface area contributed by atoms with Crippen LogP contribution in [0.4, 0.5) is 11.6 Å². The molecular weight excluding hydrogens is 354 g/mol. The number of aryl methyl sites for hydroxylation is 2. The van der Waals surface area contributed by atoms with E-state index in [-0.39, 0.29) is 5.91 Å². The third-order valence-corrected chi connectivity index (χ3v) is 4.59. The number of ether oxygens (including phenoxy) is 1. The van der Waals surface area contributed by atoms with Crippen molar-refractivity contribution in [1.82, 2.24) is 14.9 Å². The van der Waals surface area contributed by atoms with Crippen LogP contribution in [-0.2, 0) is 16.1 Å². The summed E-state index contributed by atoms with van der Waals surface area (Å²) in [6.45, 7) is 9.02. The molecule has 2 heterocycles. The SMILES string of the molecule is Cc1cc(C)nc(NCCCC(=O)Nc2ccc(CN3CCOCC3)cc2)n1. The van der Waals surface area contributed by atoms with Crippen molar-refractivity contribution in [1.29, 1.82) is 0 Å². The third kappa shape index (κ3) is 6.58. The Hall–Kier alpha value is -2.51. The first-order valence-corrected chi connectivity index (χ1v) is 9.83. The summed E-state index contributed by atoms with van der Waals surface area (Å²) in [6.07, 6.45) is 1.17. The van der Waals surface area contributed by atoms with Crippen molar-refractivity contribution >= 4 is 17.5 Å². The average molecular weight is 383 g/mol. The number of amides is 1. The zero-order valence-electron chi connectivity index (χ0n) is 16.7. The van der Waals surface area contributed by atoms with Gasteiger partial charge in [-0.15, -0.1) is 0 Å². The van der Waals surface area contributed by atoms with E-state index in [0.29, 0.717) is 18.9 Å². The van der Waals surface area contributed by atoms with Crippen LogP contribution in [0.15, 0.2) is 30.3 Å². The van der Waals surface area contributed by atoms with E-state index in [9.17, 15) is 4.79 Å². The summed E-state index contributed by atoms with van der Waals surface area (Å²) < 4.78 is 5.38. The standard InChI is InChI=1S/C21H29N5O2/c1-16-14-17(2)24-21(23-16)22-9-3-4-20(27)25-19-7-5-18(6-8-19)15-26-10-12-28-13-11-26/h5-8,14H,3-4,9-13,15H2,1-2H3,(H,25,27)(H,22,23,24). The Morgan fingerprint density at radius 1 is 1.11 bits per heavy atom. The molecule has 1 aliphatic rings. The maximum Gasteiger partial charge on any atom is 0.224 e. The Bertz CT molecular complexity index is 753. The molecule has 0 saturated carbocycles. The van der Waals surface area contributed by atoms with Crippen molar-refractivity contribution in [3.05, 3.63) is 47.3 Å². The van der Waals surface area contributed by atoms with Crippen LogP contribution in [0, 0.1) is 13.8 Å². The second-order valence-electron chi connectivity index (χ2n) is 7.14. The topological polar surface area (TPSA) is 79.4 Å². The Morgan fingerprint density at radius 2 is 1.79 bits per heavy atom. The van der Waals surface area contributed by atoms with Gasteiger partial charge in [-0.2, -0.15) is 0 Å². The normalized spacial score (nSPS) is 14.6. The number of hydrogen-bond donors (Lipinski definition) is 2. The molecule has 1 saturated heterocycles. The minimum absolute atomic E-state index is 0.0177. The van der Waals surface area contributed by atoms with E-state index in [1.807, 2.05) is 32.0 Å². The molecule has 0 spiro atoms. The highest BCUT2D eigenvalue weighted by Crippen LogP contribution is 2.13. The second kappa shape index (κ2) is 10.1. The van der Waals surface area contributed by atoms with Crippen molar-refractivity contribution in [2.45, 2.75) is 33.2 Å². The van der Waals surface area contributed by atoms with E-state index in [2.05, 4.69) is 37.6 Å². The lowest BCUT2D eigenvalue weighted by Crippen LogP contribution is -2.35. The summed E-state index contributed by atoms with van der Waals surface area (Å²) in [5.41, 5.74) is 3.95. The molecule has 2 N–H and O–H groups in total. The zero-order chi connectivity index (χ0) is 19.8. The van der Waals surface area contributed by atoms with Crippen LogP contribution in [-0.4, -0.2) is 53.6 Å². The van der Waals surface area contributed by atoms with Gasteiger partial charge in [0, 0.05) is 49.7 Å². The van der Waals surface area contributed by atoms with Gasteiger partial charge in [0.05, 0.1) is 13.2 Å². The molecule has 1 aromatic heterocycles. The number of rotatable bonds is 8. The monoisotopic (exact) mass is 383 g/mol. The molecule has 0 radical (unpaired) electrons. The molecule has 0 unspecified atom stereocenters. The molecule has 28 heavy (non-hydrogen) atoms. The maximum absolute atomic E-state index is 12.1. The minimum Gasteiger partial charge on any atom is -0.379 e. The Balaban J connectivity index is 1.37. The highest BCUT2D eigenvalue weighted by atomic mass is 16.5. The first-order valence-electron chi connectivity index (χ1n) is 9.83. The molecule has 1 aliphatic heterocycles. The lowest BCUT2D eigenvalue weighted by molar-refractivity contribution is -0.116. The number of nitrogens with one attached hydrogen (secondary N) is 2. The molecule has 0 bridgehead atoms. The first-order chi connectivity index (χ1) is 13.6. The number of anilines is 2. The molecule has 3 rings (SSSR count). The van der Waals surface area contributed by atoms with Gasteiger partial charge in [-0.25, -0.2) is 9.97 Å². The fourth-order valence-corrected chi connectivity index (χ4v) is 3.19. The van der Waals surface area contributed by atoms with Gasteiger partial charge in [0.2, 0.25) is 11.9 Å². The van der Waals surface area contributed by atoms with Gasteiger partial charge >= 0.3 is 0 Å². The molecule has 1 fully saturated rings. The summed E-state index contributed by atoms with van der Waals surface area (Å²) in [6, 6.07) is 10.0. The quantitative estimate of drug-likeness (QED) is 0.683. The van der Waals surface area contributed by atoms with E-state index < -0.39 is 0 Å². The summed E-state index contributed by atoms with van der Waals surface area (Å²) in [5.74, 6) is 0.637. The number of nitrogens with zero attached hydrogens (tertiary/aromatic N) is 3. The number of carbonyl (C=O) groups excluding carboxylic acids is 1. The molecule has 7 nitrogen and oxygen atoms in total. The van der Waals surface area contributed by atoms with Gasteiger partial charge in [-0.05, 0) is 44.0 Å². The number of carbonyl (C=O) groups is 1. The molecule has 150 valence electrons. The van der Waals surface area contributed by atoms with E-state index in [1.165, 1.54) is 5.56 Å². The van der Waals surface area contributed by atoms with Crippen LogP contribution in [0.2, 0.25) is 0 Å². The van der Waals surface area contributed by atoms with Crippen LogP contribution >= 0.6 is 0 Å². The van der Waals surface area contributed by atoms with Gasteiger partial charge in [-0.1, -0.05) is 12.1 Å². The first kappa shape index (κ1) is 20.2. The Labute approximate surface area is 166 Å². The minimum atomic E-state index is 0.0177. The number of hydrogen-bond acceptors (Lipinski definition) is 6. The highest BCUT2D eigenvalue weighted by molar-refractivity contribution is 5.90. The van der Waals surface area contributed by atoms with E-state index >= 15 is 0 Å². The summed E-state index contributed by atoms with van der Waals surface area (Å²) >= 11 is 0. The Kier molecular flexibility index (Phi) is 7.33.